The molecular weight excluding hydrogens is 216 g/mol. The van der Waals surface area contributed by atoms with E-state index in [0.717, 1.165) is 12.5 Å². The number of piperidine rings is 3. The lowest BCUT2D eigenvalue weighted by molar-refractivity contribution is -0.0113. The first-order valence-corrected chi connectivity index (χ1v) is 5.21. The highest BCUT2D eigenvalue weighted by atomic mass is 35.5. The molecule has 3 aliphatic heterocycles. The fourth-order valence-corrected chi connectivity index (χ4v) is 2.46. The topological polar surface area (TPSA) is 38.5 Å². The molecule has 3 fully saturated rings. The summed E-state index contributed by atoms with van der Waals surface area (Å²) in [6, 6.07) is 1.78. The number of nitrogens with zero attached hydrogens (tertiary/aromatic N) is 2. The second-order valence-electron chi connectivity index (χ2n) is 4.13. The number of rotatable bonds is 2. The SMILES string of the molecule is Cl.c1cc(O[C@@H]2CN3CCC2CC3)no1. The lowest BCUT2D eigenvalue weighted by Crippen LogP contribution is -2.52. The van der Waals surface area contributed by atoms with Gasteiger partial charge in [-0.05, 0) is 37.0 Å². The quantitative estimate of drug-likeness (QED) is 0.773. The summed E-state index contributed by atoms with van der Waals surface area (Å²) in [5, 5.41) is 3.78. The predicted octanol–water partition coefficient (Wildman–Crippen LogP) is 1.57. The van der Waals surface area contributed by atoms with Crippen LogP contribution in [0.15, 0.2) is 16.9 Å². The highest BCUT2D eigenvalue weighted by Gasteiger charge is 2.35. The van der Waals surface area contributed by atoms with Crippen LogP contribution >= 0.6 is 12.4 Å². The zero-order valence-electron chi connectivity index (χ0n) is 8.46. The Balaban J connectivity index is 0.000000853. The molecule has 1 aromatic rings. The molecule has 0 saturated carbocycles. The van der Waals surface area contributed by atoms with Gasteiger partial charge in [-0.25, -0.2) is 0 Å². The van der Waals surface area contributed by atoms with Crippen molar-refractivity contribution in [2.75, 3.05) is 19.6 Å². The van der Waals surface area contributed by atoms with Gasteiger partial charge < -0.3 is 9.26 Å². The van der Waals surface area contributed by atoms with E-state index in [1.165, 1.54) is 25.9 Å². The summed E-state index contributed by atoms with van der Waals surface area (Å²) in [5.74, 6) is 1.35. The number of ether oxygens (including phenoxy) is 1. The van der Waals surface area contributed by atoms with E-state index in [0.29, 0.717) is 12.0 Å². The molecule has 0 aromatic carbocycles. The van der Waals surface area contributed by atoms with Gasteiger partial charge in [0.1, 0.15) is 12.4 Å². The Morgan fingerprint density at radius 1 is 1.40 bits per heavy atom. The second-order valence-corrected chi connectivity index (χ2v) is 4.13. The van der Waals surface area contributed by atoms with Crippen molar-refractivity contribution >= 4 is 12.4 Å². The van der Waals surface area contributed by atoms with Crippen LogP contribution < -0.4 is 4.74 Å². The minimum absolute atomic E-state index is 0. The summed E-state index contributed by atoms with van der Waals surface area (Å²) in [7, 11) is 0. The maximum absolute atomic E-state index is 5.78. The van der Waals surface area contributed by atoms with Gasteiger partial charge in [-0.3, -0.25) is 4.90 Å². The minimum atomic E-state index is 0. The van der Waals surface area contributed by atoms with Crippen molar-refractivity contribution in [3.05, 3.63) is 12.3 Å². The van der Waals surface area contributed by atoms with Gasteiger partial charge in [-0.15, -0.1) is 12.4 Å². The van der Waals surface area contributed by atoms with Crippen molar-refractivity contribution in [3.63, 3.8) is 0 Å². The maximum Gasteiger partial charge on any atom is 0.254 e. The molecule has 0 unspecified atom stereocenters. The Morgan fingerprint density at radius 3 is 2.73 bits per heavy atom. The van der Waals surface area contributed by atoms with E-state index in [9.17, 15) is 0 Å². The molecule has 0 radical (unpaired) electrons. The molecule has 3 saturated heterocycles. The van der Waals surface area contributed by atoms with Crippen molar-refractivity contribution in [2.45, 2.75) is 18.9 Å². The predicted molar refractivity (Wildman–Crippen MR) is 57.3 cm³/mol. The van der Waals surface area contributed by atoms with Gasteiger partial charge in [0.15, 0.2) is 0 Å². The van der Waals surface area contributed by atoms with Crippen LogP contribution in [-0.2, 0) is 0 Å². The van der Waals surface area contributed by atoms with Gasteiger partial charge in [0.2, 0.25) is 0 Å². The molecule has 84 valence electrons. The van der Waals surface area contributed by atoms with Crippen LogP contribution in [0.3, 0.4) is 0 Å². The third kappa shape index (κ3) is 2.11. The zero-order chi connectivity index (χ0) is 9.38. The first-order chi connectivity index (χ1) is 6.92. The molecule has 1 aromatic heterocycles. The van der Waals surface area contributed by atoms with Crippen molar-refractivity contribution in [1.29, 1.82) is 0 Å². The van der Waals surface area contributed by atoms with E-state index in [-0.39, 0.29) is 12.4 Å². The van der Waals surface area contributed by atoms with Crippen molar-refractivity contribution in [1.82, 2.24) is 10.1 Å². The molecule has 15 heavy (non-hydrogen) atoms. The van der Waals surface area contributed by atoms with Gasteiger partial charge in [0.05, 0.1) is 0 Å². The summed E-state index contributed by atoms with van der Waals surface area (Å²) in [6.07, 6.45) is 4.41. The van der Waals surface area contributed by atoms with E-state index >= 15 is 0 Å². The average Bonchev–Trinajstić information content (AvgIpc) is 2.72. The molecule has 0 aliphatic carbocycles. The lowest BCUT2D eigenvalue weighted by atomic mass is 9.86. The molecule has 4 heterocycles. The van der Waals surface area contributed by atoms with Gasteiger partial charge in [-0.1, -0.05) is 0 Å². The summed E-state index contributed by atoms with van der Waals surface area (Å²) in [5.41, 5.74) is 0. The number of hydrogen-bond acceptors (Lipinski definition) is 4. The lowest BCUT2D eigenvalue weighted by Gasteiger charge is -2.43. The smallest absolute Gasteiger partial charge is 0.254 e. The summed E-state index contributed by atoms with van der Waals surface area (Å²) in [4.78, 5) is 2.46. The minimum Gasteiger partial charge on any atom is -0.471 e. The normalized spacial score (nSPS) is 33.5. The van der Waals surface area contributed by atoms with E-state index in [4.69, 9.17) is 9.26 Å². The highest BCUT2D eigenvalue weighted by Crippen LogP contribution is 2.29. The largest absolute Gasteiger partial charge is 0.471 e. The van der Waals surface area contributed by atoms with Crippen LogP contribution in [0.1, 0.15) is 12.8 Å². The number of fused-ring (bicyclic) bond motifs is 3. The molecule has 0 spiro atoms. The van der Waals surface area contributed by atoms with E-state index in [1.54, 1.807) is 12.3 Å². The Hall–Kier alpha value is -0.740. The number of halogens is 1. The Labute approximate surface area is 95.0 Å². The van der Waals surface area contributed by atoms with E-state index in [1.807, 2.05) is 0 Å². The number of aromatic nitrogens is 1. The Kier molecular flexibility index (Phi) is 3.17. The van der Waals surface area contributed by atoms with E-state index in [2.05, 4.69) is 10.1 Å². The molecule has 0 amide bonds. The average molecular weight is 231 g/mol. The first kappa shape index (κ1) is 10.8. The third-order valence-electron chi connectivity index (χ3n) is 3.28. The molecule has 2 bridgehead atoms. The molecule has 1 atom stereocenters. The van der Waals surface area contributed by atoms with Crippen molar-refractivity contribution < 1.29 is 9.26 Å². The fourth-order valence-electron chi connectivity index (χ4n) is 2.46. The summed E-state index contributed by atoms with van der Waals surface area (Å²) >= 11 is 0. The van der Waals surface area contributed by atoms with Gasteiger partial charge in [0, 0.05) is 12.6 Å². The van der Waals surface area contributed by atoms with Crippen LogP contribution in [0.4, 0.5) is 0 Å². The molecular formula is C10H15ClN2O2. The van der Waals surface area contributed by atoms with Gasteiger partial charge in [0.25, 0.3) is 5.88 Å². The van der Waals surface area contributed by atoms with E-state index < -0.39 is 0 Å². The second kappa shape index (κ2) is 4.41. The molecule has 4 rings (SSSR count). The fraction of sp³-hybridized carbons (Fsp3) is 0.700. The van der Waals surface area contributed by atoms with Crippen LogP contribution in [-0.4, -0.2) is 35.8 Å². The zero-order valence-corrected chi connectivity index (χ0v) is 9.28. The maximum atomic E-state index is 5.78. The summed E-state index contributed by atoms with van der Waals surface area (Å²) in [6.45, 7) is 3.53. The first-order valence-electron chi connectivity index (χ1n) is 5.21. The van der Waals surface area contributed by atoms with Crippen LogP contribution in [0.25, 0.3) is 0 Å². The van der Waals surface area contributed by atoms with Crippen molar-refractivity contribution in [3.8, 4) is 5.88 Å². The molecule has 4 nitrogen and oxygen atoms in total. The Morgan fingerprint density at radius 2 is 2.20 bits per heavy atom. The van der Waals surface area contributed by atoms with Crippen molar-refractivity contribution in [2.24, 2.45) is 5.92 Å². The summed E-state index contributed by atoms with van der Waals surface area (Å²) < 4.78 is 10.5. The monoisotopic (exact) mass is 230 g/mol. The standard InChI is InChI=1S/C10H14N2O2.ClH/c1-4-12-5-2-8(1)9(7-12)14-10-3-6-13-11-10;/h3,6,8-9H,1-2,4-5,7H2;1H/t9-;/m1./s1. The van der Waals surface area contributed by atoms with Gasteiger partial charge in [-0.2, -0.15) is 0 Å². The van der Waals surface area contributed by atoms with Gasteiger partial charge >= 0.3 is 0 Å². The van der Waals surface area contributed by atoms with Crippen LogP contribution in [0.5, 0.6) is 5.88 Å². The molecule has 3 aliphatic rings. The van der Waals surface area contributed by atoms with Crippen LogP contribution in [0, 0.1) is 5.92 Å². The highest BCUT2D eigenvalue weighted by molar-refractivity contribution is 5.85. The van der Waals surface area contributed by atoms with Crippen LogP contribution in [0.2, 0.25) is 0 Å². The third-order valence-corrected chi connectivity index (χ3v) is 3.28. The molecule has 0 N–H and O–H groups in total. The number of hydrogen-bond donors (Lipinski definition) is 0. The Bertz CT molecular complexity index is 296. The molecule has 5 heteroatoms.